The third-order valence-corrected chi connectivity index (χ3v) is 4.69. The van der Waals surface area contributed by atoms with Crippen molar-refractivity contribution in [2.24, 2.45) is 0 Å². The van der Waals surface area contributed by atoms with E-state index in [0.717, 1.165) is 11.3 Å². The Morgan fingerprint density at radius 1 is 1.04 bits per heavy atom. The average molecular weight is 322 g/mol. The number of hydrogen-bond donors (Lipinski definition) is 1. The molecule has 3 rings (SSSR count). The molecule has 0 saturated heterocycles. The smallest absolute Gasteiger partial charge is 0.238 e. The van der Waals surface area contributed by atoms with Crippen LogP contribution in [0.4, 0.5) is 5.82 Å². The molecule has 0 bridgehead atoms. The highest BCUT2D eigenvalue weighted by Crippen LogP contribution is 2.24. The molecule has 1 aromatic heterocycles. The number of hydrogen-bond acceptors (Lipinski definition) is 3. The zero-order valence-electron chi connectivity index (χ0n) is 13.1. The van der Waals surface area contributed by atoms with E-state index in [1.807, 2.05) is 43.5 Å². The van der Waals surface area contributed by atoms with Crippen molar-refractivity contribution in [3.05, 3.63) is 60.7 Å². The van der Waals surface area contributed by atoms with E-state index in [4.69, 9.17) is 0 Å². The van der Waals surface area contributed by atoms with Crippen molar-refractivity contribution in [2.75, 3.05) is 11.6 Å². The Bertz CT molecular complexity index is 847. The summed E-state index contributed by atoms with van der Waals surface area (Å²) < 4.78 is 0. The fourth-order valence-corrected chi connectivity index (χ4v) is 2.62. The van der Waals surface area contributed by atoms with E-state index in [2.05, 4.69) is 40.6 Å². The van der Waals surface area contributed by atoms with Crippen LogP contribution in [0.5, 0.6) is 0 Å². The minimum atomic E-state index is -0.0962. The summed E-state index contributed by atoms with van der Waals surface area (Å²) in [6.45, 7) is 1.88. The van der Waals surface area contributed by atoms with E-state index in [0.29, 0.717) is 5.82 Å². The molecule has 1 N–H and O–H groups in total. The minimum Gasteiger partial charge on any atom is -0.310 e. The largest absolute Gasteiger partial charge is 0.310 e. The van der Waals surface area contributed by atoms with Crippen LogP contribution < -0.4 is 5.32 Å². The van der Waals surface area contributed by atoms with Crippen LogP contribution in [0.25, 0.3) is 22.0 Å². The fraction of sp³-hybridized carbons (Fsp3) is 0.158. The SMILES string of the molecule is CS[C@@H](C)C(=O)Nc1cccc(-c2ccc3ccccc3c2)n1. The molecule has 116 valence electrons. The molecule has 0 aliphatic carbocycles. The lowest BCUT2D eigenvalue weighted by atomic mass is 10.0. The predicted octanol–water partition coefficient (Wildman–Crippen LogP) is 4.59. The van der Waals surface area contributed by atoms with Crippen molar-refractivity contribution in [3.63, 3.8) is 0 Å². The van der Waals surface area contributed by atoms with Crippen molar-refractivity contribution >= 4 is 34.3 Å². The van der Waals surface area contributed by atoms with Gasteiger partial charge in [-0.1, -0.05) is 42.5 Å². The van der Waals surface area contributed by atoms with Gasteiger partial charge in [-0.3, -0.25) is 4.79 Å². The van der Waals surface area contributed by atoms with Crippen LogP contribution in [-0.2, 0) is 4.79 Å². The maximum atomic E-state index is 12.0. The van der Waals surface area contributed by atoms with E-state index in [1.54, 1.807) is 0 Å². The van der Waals surface area contributed by atoms with Crippen LogP contribution in [0.1, 0.15) is 6.92 Å². The van der Waals surface area contributed by atoms with E-state index in [-0.39, 0.29) is 11.2 Å². The zero-order valence-corrected chi connectivity index (χ0v) is 13.9. The number of carbonyl (C=O) groups excluding carboxylic acids is 1. The van der Waals surface area contributed by atoms with Gasteiger partial charge in [-0.05, 0) is 42.2 Å². The molecule has 4 heteroatoms. The molecule has 2 aromatic carbocycles. The van der Waals surface area contributed by atoms with Crippen LogP contribution >= 0.6 is 11.8 Å². The predicted molar refractivity (Wildman–Crippen MR) is 98.8 cm³/mol. The topological polar surface area (TPSA) is 42.0 Å². The van der Waals surface area contributed by atoms with Crippen molar-refractivity contribution in [1.82, 2.24) is 4.98 Å². The lowest BCUT2D eigenvalue weighted by molar-refractivity contribution is -0.115. The maximum Gasteiger partial charge on any atom is 0.238 e. The molecule has 0 aliphatic rings. The number of anilines is 1. The molecule has 0 aliphatic heterocycles. The van der Waals surface area contributed by atoms with E-state index in [1.165, 1.54) is 22.5 Å². The summed E-state index contributed by atoms with van der Waals surface area (Å²) in [7, 11) is 0. The van der Waals surface area contributed by atoms with Gasteiger partial charge in [0.15, 0.2) is 0 Å². The number of amides is 1. The zero-order chi connectivity index (χ0) is 16.2. The molecule has 3 nitrogen and oxygen atoms in total. The first-order valence-electron chi connectivity index (χ1n) is 7.47. The third-order valence-electron chi connectivity index (χ3n) is 3.77. The molecule has 0 fully saturated rings. The van der Waals surface area contributed by atoms with Crippen LogP contribution in [0.2, 0.25) is 0 Å². The summed E-state index contributed by atoms with van der Waals surface area (Å²) in [5.74, 6) is 0.558. The van der Waals surface area contributed by atoms with Gasteiger partial charge in [-0.25, -0.2) is 4.98 Å². The summed E-state index contributed by atoms with van der Waals surface area (Å²) in [5, 5.41) is 5.15. The Kier molecular flexibility index (Phi) is 4.63. The standard InChI is InChI=1S/C19H18N2OS/c1-13(23-2)19(22)21-18-9-5-8-17(20-18)16-11-10-14-6-3-4-7-15(14)12-16/h3-13H,1-2H3,(H,20,21,22)/t13-/m0/s1. The lowest BCUT2D eigenvalue weighted by Crippen LogP contribution is -2.22. The van der Waals surface area contributed by atoms with Crippen LogP contribution in [0, 0.1) is 0 Å². The number of nitrogens with one attached hydrogen (secondary N) is 1. The third kappa shape index (κ3) is 3.54. The van der Waals surface area contributed by atoms with Gasteiger partial charge in [0.1, 0.15) is 5.82 Å². The Morgan fingerprint density at radius 3 is 2.61 bits per heavy atom. The Morgan fingerprint density at radius 2 is 1.83 bits per heavy atom. The second-order valence-corrected chi connectivity index (χ2v) is 6.52. The number of nitrogens with zero attached hydrogens (tertiary/aromatic N) is 1. The molecule has 1 heterocycles. The molecule has 0 spiro atoms. The maximum absolute atomic E-state index is 12.0. The second kappa shape index (κ2) is 6.84. The number of thioether (sulfide) groups is 1. The molecule has 0 saturated carbocycles. The molecule has 1 amide bonds. The summed E-state index contributed by atoms with van der Waals surface area (Å²) >= 11 is 1.51. The van der Waals surface area contributed by atoms with Gasteiger partial charge in [0.25, 0.3) is 0 Å². The van der Waals surface area contributed by atoms with Crippen LogP contribution in [-0.4, -0.2) is 22.4 Å². The van der Waals surface area contributed by atoms with E-state index in [9.17, 15) is 4.79 Å². The quantitative estimate of drug-likeness (QED) is 0.764. The Balaban J connectivity index is 1.90. The summed E-state index contributed by atoms with van der Waals surface area (Å²) in [6, 6.07) is 20.2. The Hall–Kier alpha value is -2.33. The van der Waals surface area contributed by atoms with Crippen molar-refractivity contribution in [1.29, 1.82) is 0 Å². The summed E-state index contributed by atoms with van der Waals surface area (Å²) in [4.78, 5) is 16.6. The first-order valence-corrected chi connectivity index (χ1v) is 8.76. The average Bonchev–Trinajstić information content (AvgIpc) is 2.60. The summed E-state index contributed by atoms with van der Waals surface area (Å²) in [5.41, 5.74) is 1.89. The molecular formula is C19H18N2OS. The number of pyridine rings is 1. The van der Waals surface area contributed by atoms with Gasteiger partial charge in [0, 0.05) is 5.56 Å². The van der Waals surface area contributed by atoms with Crippen LogP contribution in [0.3, 0.4) is 0 Å². The fourth-order valence-electron chi connectivity index (χ4n) is 2.35. The lowest BCUT2D eigenvalue weighted by Gasteiger charge is -2.10. The Labute approximate surface area is 140 Å². The molecular weight excluding hydrogens is 304 g/mol. The van der Waals surface area contributed by atoms with E-state index >= 15 is 0 Å². The molecule has 0 unspecified atom stereocenters. The number of rotatable bonds is 4. The van der Waals surface area contributed by atoms with Crippen molar-refractivity contribution in [2.45, 2.75) is 12.2 Å². The van der Waals surface area contributed by atoms with E-state index < -0.39 is 0 Å². The van der Waals surface area contributed by atoms with Gasteiger partial charge in [-0.2, -0.15) is 11.8 Å². The highest BCUT2D eigenvalue weighted by Gasteiger charge is 2.12. The molecule has 23 heavy (non-hydrogen) atoms. The summed E-state index contributed by atoms with van der Waals surface area (Å²) in [6.07, 6.45) is 1.92. The monoisotopic (exact) mass is 322 g/mol. The first kappa shape index (κ1) is 15.6. The minimum absolute atomic E-state index is 0.0272. The molecule has 3 aromatic rings. The van der Waals surface area contributed by atoms with Crippen molar-refractivity contribution in [3.8, 4) is 11.3 Å². The van der Waals surface area contributed by atoms with Gasteiger partial charge in [0.2, 0.25) is 5.91 Å². The number of aromatic nitrogens is 1. The highest BCUT2D eigenvalue weighted by molar-refractivity contribution is 7.99. The number of carbonyl (C=O) groups is 1. The normalized spacial score (nSPS) is 12.1. The first-order chi connectivity index (χ1) is 11.2. The van der Waals surface area contributed by atoms with Gasteiger partial charge in [0.05, 0.1) is 10.9 Å². The highest BCUT2D eigenvalue weighted by atomic mass is 32.2. The number of benzene rings is 2. The van der Waals surface area contributed by atoms with Crippen LogP contribution in [0.15, 0.2) is 60.7 Å². The van der Waals surface area contributed by atoms with Gasteiger partial charge in [-0.15, -0.1) is 0 Å². The molecule has 1 atom stereocenters. The molecule has 0 radical (unpaired) electrons. The second-order valence-electron chi connectivity index (χ2n) is 5.34. The van der Waals surface area contributed by atoms with Crippen molar-refractivity contribution < 1.29 is 4.79 Å². The number of fused-ring (bicyclic) bond motifs is 1. The van der Waals surface area contributed by atoms with Gasteiger partial charge < -0.3 is 5.32 Å². The van der Waals surface area contributed by atoms with Gasteiger partial charge >= 0.3 is 0 Å².